The molecule has 0 fully saturated rings. The molecule has 0 amide bonds. The maximum absolute atomic E-state index is 5.74. The van der Waals surface area contributed by atoms with Crippen LogP contribution in [0.5, 0.6) is 5.75 Å². The largest absolute Gasteiger partial charge is 0.487 e. The number of benzene rings is 1. The van der Waals surface area contributed by atoms with E-state index in [1.165, 1.54) is 36.8 Å². The van der Waals surface area contributed by atoms with Crippen molar-refractivity contribution in [3.05, 3.63) is 41.1 Å². The second kappa shape index (κ2) is 4.72. The molecule has 1 heterocycles. The Hall–Kier alpha value is -1.97. The average molecular weight is 243 g/mol. The standard InChI is InChI=1S/C14H17N3O/c15-14-8-12(16-17-14)9-18-13-6-5-10-3-1-2-4-11(10)7-13/h5-8H,1-4,9H2,(H3,15,16,17). The van der Waals surface area contributed by atoms with Gasteiger partial charge in [0.15, 0.2) is 0 Å². The minimum absolute atomic E-state index is 0.475. The van der Waals surface area contributed by atoms with Gasteiger partial charge in [0.1, 0.15) is 18.2 Å². The van der Waals surface area contributed by atoms with Crippen molar-refractivity contribution in [3.8, 4) is 5.75 Å². The third-order valence-electron chi connectivity index (χ3n) is 3.37. The summed E-state index contributed by atoms with van der Waals surface area (Å²) in [5, 5.41) is 6.71. The Balaban J connectivity index is 1.69. The van der Waals surface area contributed by atoms with Crippen LogP contribution >= 0.6 is 0 Å². The highest BCUT2D eigenvalue weighted by atomic mass is 16.5. The molecular formula is C14H17N3O. The molecule has 0 bridgehead atoms. The van der Waals surface area contributed by atoms with E-state index < -0.39 is 0 Å². The van der Waals surface area contributed by atoms with Crippen molar-refractivity contribution in [2.75, 3.05) is 5.73 Å². The summed E-state index contributed by atoms with van der Waals surface area (Å²) in [7, 11) is 0. The minimum atomic E-state index is 0.475. The fraction of sp³-hybridized carbons (Fsp3) is 0.357. The zero-order valence-corrected chi connectivity index (χ0v) is 10.3. The number of aromatic amines is 1. The number of rotatable bonds is 3. The van der Waals surface area contributed by atoms with E-state index in [1.54, 1.807) is 6.07 Å². The number of ether oxygens (including phenoxy) is 1. The third-order valence-corrected chi connectivity index (χ3v) is 3.37. The number of nitrogens with one attached hydrogen (secondary N) is 1. The number of aryl methyl sites for hydroxylation is 2. The summed E-state index contributed by atoms with van der Waals surface area (Å²) >= 11 is 0. The van der Waals surface area contributed by atoms with E-state index in [1.807, 2.05) is 6.07 Å². The first-order valence-electron chi connectivity index (χ1n) is 6.35. The van der Waals surface area contributed by atoms with Crippen LogP contribution in [-0.2, 0) is 19.4 Å². The smallest absolute Gasteiger partial charge is 0.145 e. The van der Waals surface area contributed by atoms with Gasteiger partial charge in [-0.15, -0.1) is 0 Å². The van der Waals surface area contributed by atoms with Gasteiger partial charge in [-0.25, -0.2) is 0 Å². The molecule has 4 heteroatoms. The SMILES string of the molecule is Nc1cc(COc2ccc3c(c2)CCCC3)[nH]n1. The maximum atomic E-state index is 5.74. The van der Waals surface area contributed by atoms with Crippen LogP contribution < -0.4 is 10.5 Å². The molecule has 0 saturated heterocycles. The monoisotopic (exact) mass is 243 g/mol. The van der Waals surface area contributed by atoms with Crippen LogP contribution in [0.2, 0.25) is 0 Å². The van der Waals surface area contributed by atoms with Crippen LogP contribution in [-0.4, -0.2) is 10.2 Å². The number of H-pyrrole nitrogens is 1. The lowest BCUT2D eigenvalue weighted by Gasteiger charge is -2.16. The molecule has 1 aromatic carbocycles. The summed E-state index contributed by atoms with van der Waals surface area (Å²) in [6.45, 7) is 0.475. The number of anilines is 1. The minimum Gasteiger partial charge on any atom is -0.487 e. The van der Waals surface area contributed by atoms with Crippen LogP contribution in [0.4, 0.5) is 5.82 Å². The van der Waals surface area contributed by atoms with Gasteiger partial charge in [0, 0.05) is 6.07 Å². The van der Waals surface area contributed by atoms with Crippen molar-refractivity contribution in [1.82, 2.24) is 10.2 Å². The number of hydrogen-bond donors (Lipinski definition) is 2. The summed E-state index contributed by atoms with van der Waals surface area (Å²) < 4.78 is 5.74. The lowest BCUT2D eigenvalue weighted by Crippen LogP contribution is -2.03. The topological polar surface area (TPSA) is 63.9 Å². The molecule has 3 N–H and O–H groups in total. The predicted octanol–water partition coefficient (Wildman–Crippen LogP) is 2.45. The molecule has 3 rings (SSSR count). The van der Waals surface area contributed by atoms with Gasteiger partial charge >= 0.3 is 0 Å². The number of nitrogens with two attached hydrogens (primary N) is 1. The average Bonchev–Trinajstić information content (AvgIpc) is 2.82. The molecule has 0 unspecified atom stereocenters. The lowest BCUT2D eigenvalue weighted by molar-refractivity contribution is 0.300. The number of nitrogen functional groups attached to an aromatic ring is 1. The van der Waals surface area contributed by atoms with Gasteiger partial charge in [0.05, 0.1) is 5.69 Å². The molecule has 1 aliphatic carbocycles. The fourth-order valence-electron chi connectivity index (χ4n) is 2.41. The van der Waals surface area contributed by atoms with Crippen LogP contribution in [0, 0.1) is 0 Å². The number of nitrogens with zero attached hydrogens (tertiary/aromatic N) is 1. The zero-order valence-electron chi connectivity index (χ0n) is 10.3. The van der Waals surface area contributed by atoms with E-state index in [0.717, 1.165) is 11.4 Å². The highest BCUT2D eigenvalue weighted by molar-refractivity contribution is 5.37. The molecule has 94 valence electrons. The second-order valence-corrected chi connectivity index (χ2v) is 4.74. The molecular weight excluding hydrogens is 226 g/mol. The van der Waals surface area contributed by atoms with Crippen LogP contribution in [0.15, 0.2) is 24.3 Å². The Bertz CT molecular complexity index is 548. The summed E-state index contributed by atoms with van der Waals surface area (Å²) in [6.07, 6.45) is 4.96. The number of fused-ring (bicyclic) bond motifs is 1. The number of aromatic nitrogens is 2. The van der Waals surface area contributed by atoms with Gasteiger partial charge in [-0.3, -0.25) is 5.10 Å². The van der Waals surface area contributed by atoms with E-state index in [4.69, 9.17) is 10.5 Å². The Morgan fingerprint density at radius 2 is 2.00 bits per heavy atom. The van der Waals surface area contributed by atoms with Gasteiger partial charge in [0.25, 0.3) is 0 Å². The van der Waals surface area contributed by atoms with E-state index >= 15 is 0 Å². The first-order chi connectivity index (χ1) is 8.81. The molecule has 18 heavy (non-hydrogen) atoms. The summed E-state index contributed by atoms with van der Waals surface area (Å²) in [5.74, 6) is 1.42. The highest BCUT2D eigenvalue weighted by Gasteiger charge is 2.10. The van der Waals surface area contributed by atoms with Crippen LogP contribution in [0.3, 0.4) is 0 Å². The third kappa shape index (κ3) is 2.32. The molecule has 1 aromatic heterocycles. The van der Waals surface area contributed by atoms with Crippen LogP contribution in [0.1, 0.15) is 29.7 Å². The van der Waals surface area contributed by atoms with E-state index in [-0.39, 0.29) is 0 Å². The Kier molecular flexibility index (Phi) is 2.92. The van der Waals surface area contributed by atoms with Crippen molar-refractivity contribution in [1.29, 1.82) is 0 Å². The first kappa shape index (κ1) is 11.1. The normalized spacial score (nSPS) is 14.2. The zero-order chi connectivity index (χ0) is 12.4. The van der Waals surface area contributed by atoms with Crippen molar-refractivity contribution < 1.29 is 4.74 Å². The summed E-state index contributed by atoms with van der Waals surface area (Å²) in [6, 6.07) is 8.18. The van der Waals surface area contributed by atoms with Crippen molar-refractivity contribution in [3.63, 3.8) is 0 Å². The molecule has 0 spiro atoms. The van der Waals surface area contributed by atoms with Gasteiger partial charge in [-0.1, -0.05) is 6.07 Å². The van der Waals surface area contributed by atoms with E-state index in [9.17, 15) is 0 Å². The lowest BCUT2D eigenvalue weighted by atomic mass is 9.92. The first-order valence-corrected chi connectivity index (χ1v) is 6.35. The maximum Gasteiger partial charge on any atom is 0.145 e. The van der Waals surface area contributed by atoms with Gasteiger partial charge in [-0.2, -0.15) is 5.10 Å². The fourth-order valence-corrected chi connectivity index (χ4v) is 2.41. The summed E-state index contributed by atoms with van der Waals surface area (Å²) in [5.41, 5.74) is 9.34. The van der Waals surface area contributed by atoms with Crippen molar-refractivity contribution in [2.45, 2.75) is 32.3 Å². The molecule has 4 nitrogen and oxygen atoms in total. The Labute approximate surface area is 106 Å². The Morgan fingerprint density at radius 1 is 1.17 bits per heavy atom. The Morgan fingerprint density at radius 3 is 2.78 bits per heavy atom. The molecule has 0 aliphatic heterocycles. The molecule has 0 atom stereocenters. The highest BCUT2D eigenvalue weighted by Crippen LogP contribution is 2.25. The number of hydrogen-bond acceptors (Lipinski definition) is 3. The molecule has 1 aliphatic rings. The van der Waals surface area contributed by atoms with E-state index in [0.29, 0.717) is 12.4 Å². The quantitative estimate of drug-likeness (QED) is 0.870. The van der Waals surface area contributed by atoms with Gasteiger partial charge in [-0.05, 0) is 48.9 Å². The molecule has 2 aromatic rings. The van der Waals surface area contributed by atoms with E-state index in [2.05, 4.69) is 22.3 Å². The van der Waals surface area contributed by atoms with Gasteiger partial charge < -0.3 is 10.5 Å². The van der Waals surface area contributed by atoms with Crippen LogP contribution in [0.25, 0.3) is 0 Å². The molecule has 0 saturated carbocycles. The van der Waals surface area contributed by atoms with Crippen molar-refractivity contribution >= 4 is 5.82 Å². The van der Waals surface area contributed by atoms with Crippen molar-refractivity contribution in [2.24, 2.45) is 0 Å². The predicted molar refractivity (Wildman–Crippen MR) is 70.4 cm³/mol. The second-order valence-electron chi connectivity index (χ2n) is 4.74. The molecule has 0 radical (unpaired) electrons. The summed E-state index contributed by atoms with van der Waals surface area (Å²) in [4.78, 5) is 0. The van der Waals surface area contributed by atoms with Gasteiger partial charge in [0.2, 0.25) is 0 Å².